The second kappa shape index (κ2) is 5.47. The number of carbonyl (C=O) groups is 1. The molecular formula is C17H25N3O. The first-order chi connectivity index (χ1) is 10.3. The first kappa shape index (κ1) is 13.4. The predicted octanol–water partition coefficient (Wildman–Crippen LogP) is 2.87. The van der Waals surface area contributed by atoms with Crippen molar-refractivity contribution in [2.45, 2.75) is 51.0 Å². The van der Waals surface area contributed by atoms with Crippen molar-refractivity contribution in [2.75, 3.05) is 13.1 Å². The molecule has 0 radical (unpaired) electrons. The Bertz CT molecular complexity index is 478. The van der Waals surface area contributed by atoms with Gasteiger partial charge in [-0.1, -0.05) is 0 Å². The highest BCUT2D eigenvalue weighted by molar-refractivity contribution is 5.76. The molecule has 1 aromatic rings. The predicted molar refractivity (Wildman–Crippen MR) is 80.6 cm³/mol. The molecule has 1 atom stereocenters. The molecule has 0 aromatic carbocycles. The smallest absolute Gasteiger partial charge is 0.222 e. The van der Waals surface area contributed by atoms with E-state index in [0.717, 1.165) is 44.2 Å². The molecule has 1 amide bonds. The normalized spacial score (nSPS) is 26.3. The summed E-state index contributed by atoms with van der Waals surface area (Å²) in [5.41, 5.74) is 0. The summed E-state index contributed by atoms with van der Waals surface area (Å²) in [6.07, 6.45) is 12.4. The Morgan fingerprint density at radius 1 is 1.19 bits per heavy atom. The fraction of sp³-hybridized carbons (Fsp3) is 0.765. The van der Waals surface area contributed by atoms with Gasteiger partial charge in [-0.15, -0.1) is 0 Å². The Labute approximate surface area is 126 Å². The van der Waals surface area contributed by atoms with Gasteiger partial charge in [0.1, 0.15) is 0 Å². The monoisotopic (exact) mass is 287 g/mol. The Balaban J connectivity index is 1.37. The molecule has 1 saturated heterocycles. The number of piperidine rings is 1. The molecule has 21 heavy (non-hydrogen) atoms. The van der Waals surface area contributed by atoms with Crippen molar-refractivity contribution in [3.05, 3.63) is 18.5 Å². The topological polar surface area (TPSA) is 38.1 Å². The first-order valence-corrected chi connectivity index (χ1v) is 8.58. The van der Waals surface area contributed by atoms with Crippen molar-refractivity contribution in [1.82, 2.24) is 14.7 Å². The van der Waals surface area contributed by atoms with Gasteiger partial charge in [0, 0.05) is 31.9 Å². The second-order valence-corrected chi connectivity index (χ2v) is 7.16. The van der Waals surface area contributed by atoms with Crippen LogP contribution < -0.4 is 0 Å². The van der Waals surface area contributed by atoms with E-state index < -0.39 is 0 Å². The van der Waals surface area contributed by atoms with E-state index in [2.05, 4.69) is 10.00 Å². The van der Waals surface area contributed by atoms with Crippen LogP contribution in [0.25, 0.3) is 0 Å². The van der Waals surface area contributed by atoms with Gasteiger partial charge in [0.2, 0.25) is 5.91 Å². The van der Waals surface area contributed by atoms with Crippen LogP contribution in [0.15, 0.2) is 18.5 Å². The van der Waals surface area contributed by atoms with Crippen LogP contribution in [0.2, 0.25) is 0 Å². The summed E-state index contributed by atoms with van der Waals surface area (Å²) in [5, 5.41) is 4.35. The summed E-state index contributed by atoms with van der Waals surface area (Å²) >= 11 is 0. The molecule has 2 aliphatic carbocycles. The third-order valence-electron chi connectivity index (χ3n) is 5.51. The second-order valence-electron chi connectivity index (χ2n) is 7.16. The van der Waals surface area contributed by atoms with Crippen molar-refractivity contribution >= 4 is 5.91 Å². The van der Waals surface area contributed by atoms with Gasteiger partial charge in [-0.3, -0.25) is 9.48 Å². The van der Waals surface area contributed by atoms with Gasteiger partial charge < -0.3 is 4.90 Å². The van der Waals surface area contributed by atoms with Crippen LogP contribution in [0.5, 0.6) is 0 Å². The molecule has 4 rings (SSSR count). The van der Waals surface area contributed by atoms with Gasteiger partial charge in [0.25, 0.3) is 0 Å². The van der Waals surface area contributed by atoms with Gasteiger partial charge >= 0.3 is 0 Å². The van der Waals surface area contributed by atoms with E-state index in [1.54, 1.807) is 0 Å². The quantitative estimate of drug-likeness (QED) is 0.835. The molecule has 0 unspecified atom stereocenters. The van der Waals surface area contributed by atoms with Crippen molar-refractivity contribution < 1.29 is 4.79 Å². The van der Waals surface area contributed by atoms with Crippen molar-refractivity contribution in [2.24, 2.45) is 17.8 Å². The maximum atomic E-state index is 12.7. The number of aromatic nitrogens is 2. The minimum absolute atomic E-state index is 0.373. The zero-order valence-corrected chi connectivity index (χ0v) is 12.7. The highest BCUT2D eigenvalue weighted by atomic mass is 16.2. The Kier molecular flexibility index (Phi) is 3.48. The zero-order chi connectivity index (χ0) is 14.2. The van der Waals surface area contributed by atoms with Crippen LogP contribution in [0.4, 0.5) is 0 Å². The molecule has 4 heteroatoms. The zero-order valence-electron chi connectivity index (χ0n) is 12.7. The van der Waals surface area contributed by atoms with Crippen LogP contribution in [0, 0.1) is 17.8 Å². The molecule has 1 aliphatic heterocycles. The molecule has 2 saturated carbocycles. The molecule has 0 N–H and O–H groups in total. The molecule has 4 nitrogen and oxygen atoms in total. The van der Waals surface area contributed by atoms with E-state index >= 15 is 0 Å². The lowest BCUT2D eigenvalue weighted by Crippen LogP contribution is -2.41. The SMILES string of the molecule is O=C(CC(C1CC1)C1CC1)N1CCC[C@@H](n2cccn2)C1. The molecule has 0 spiro atoms. The maximum absolute atomic E-state index is 12.7. The minimum atomic E-state index is 0.373. The number of carbonyl (C=O) groups excluding carboxylic acids is 1. The number of hydrogen-bond acceptors (Lipinski definition) is 2. The van der Waals surface area contributed by atoms with Gasteiger partial charge in [-0.05, 0) is 62.3 Å². The van der Waals surface area contributed by atoms with Crippen LogP contribution in [-0.4, -0.2) is 33.7 Å². The van der Waals surface area contributed by atoms with Crippen LogP contribution >= 0.6 is 0 Å². The average molecular weight is 287 g/mol. The summed E-state index contributed by atoms with van der Waals surface area (Å²) in [6, 6.07) is 2.34. The lowest BCUT2D eigenvalue weighted by Gasteiger charge is -2.34. The standard InChI is InChI=1S/C17H25N3O/c21-17(11-16(13-4-5-13)14-6-7-14)19-9-1-3-15(12-19)20-10-2-8-18-20/h2,8,10,13-16H,1,3-7,9,11-12H2/t15-/m1/s1. The molecule has 2 heterocycles. The Morgan fingerprint density at radius 2 is 1.95 bits per heavy atom. The summed E-state index contributed by atoms with van der Waals surface area (Å²) < 4.78 is 2.03. The molecular weight excluding hydrogens is 262 g/mol. The lowest BCUT2D eigenvalue weighted by molar-refractivity contribution is -0.134. The Hall–Kier alpha value is -1.32. The lowest BCUT2D eigenvalue weighted by atomic mass is 9.93. The molecule has 114 valence electrons. The summed E-state index contributed by atoms with van der Waals surface area (Å²) in [7, 11) is 0. The van der Waals surface area contributed by atoms with Crippen LogP contribution in [0.3, 0.4) is 0 Å². The number of nitrogens with zero attached hydrogens (tertiary/aromatic N) is 3. The van der Waals surface area contributed by atoms with E-state index in [9.17, 15) is 4.79 Å². The van der Waals surface area contributed by atoms with Crippen LogP contribution in [-0.2, 0) is 4.79 Å². The number of hydrogen-bond donors (Lipinski definition) is 0. The summed E-state index contributed by atoms with van der Waals surface area (Å²) in [4.78, 5) is 14.8. The fourth-order valence-corrected chi connectivity index (χ4v) is 3.99. The van der Waals surface area contributed by atoms with E-state index in [0.29, 0.717) is 17.9 Å². The van der Waals surface area contributed by atoms with Gasteiger partial charge in [0.05, 0.1) is 6.04 Å². The van der Waals surface area contributed by atoms with E-state index in [4.69, 9.17) is 0 Å². The highest BCUT2D eigenvalue weighted by Crippen LogP contribution is 2.50. The molecule has 3 fully saturated rings. The van der Waals surface area contributed by atoms with E-state index in [-0.39, 0.29) is 0 Å². The van der Waals surface area contributed by atoms with E-state index in [1.807, 2.05) is 23.1 Å². The molecule has 3 aliphatic rings. The molecule has 1 aromatic heterocycles. The average Bonchev–Trinajstić information content (AvgIpc) is 3.44. The minimum Gasteiger partial charge on any atom is -0.341 e. The third-order valence-corrected chi connectivity index (χ3v) is 5.51. The van der Waals surface area contributed by atoms with Crippen molar-refractivity contribution in [3.63, 3.8) is 0 Å². The first-order valence-electron chi connectivity index (χ1n) is 8.58. The van der Waals surface area contributed by atoms with Crippen molar-refractivity contribution in [3.8, 4) is 0 Å². The van der Waals surface area contributed by atoms with Gasteiger partial charge in [0.15, 0.2) is 0 Å². The Morgan fingerprint density at radius 3 is 2.57 bits per heavy atom. The van der Waals surface area contributed by atoms with Crippen LogP contribution in [0.1, 0.15) is 51.0 Å². The third kappa shape index (κ3) is 2.99. The maximum Gasteiger partial charge on any atom is 0.222 e. The summed E-state index contributed by atoms with van der Waals surface area (Å²) in [5.74, 6) is 2.83. The number of likely N-dealkylation sites (tertiary alicyclic amines) is 1. The molecule has 0 bridgehead atoms. The largest absolute Gasteiger partial charge is 0.341 e. The highest BCUT2D eigenvalue weighted by Gasteiger charge is 2.43. The van der Waals surface area contributed by atoms with Crippen molar-refractivity contribution in [1.29, 1.82) is 0 Å². The van der Waals surface area contributed by atoms with E-state index in [1.165, 1.54) is 25.7 Å². The van der Waals surface area contributed by atoms with Gasteiger partial charge in [-0.2, -0.15) is 5.10 Å². The fourth-order valence-electron chi connectivity index (χ4n) is 3.99. The number of rotatable bonds is 5. The summed E-state index contributed by atoms with van der Waals surface area (Å²) in [6.45, 7) is 1.79. The van der Waals surface area contributed by atoms with Gasteiger partial charge in [-0.25, -0.2) is 0 Å². The number of amides is 1.